The predicted octanol–water partition coefficient (Wildman–Crippen LogP) is 3.03. The second-order valence-corrected chi connectivity index (χ2v) is 9.95. The summed E-state index contributed by atoms with van der Waals surface area (Å²) in [4.78, 5) is 4.51. The maximum Gasteiger partial charge on any atom is 0.240 e. The summed E-state index contributed by atoms with van der Waals surface area (Å²) < 4.78 is 58.7. The molecule has 0 aliphatic carbocycles. The summed E-state index contributed by atoms with van der Waals surface area (Å²) in [5.74, 6) is 1.40. The Hall–Kier alpha value is -3.08. The quantitative estimate of drug-likeness (QED) is 0.548. The molecule has 0 amide bonds. The summed E-state index contributed by atoms with van der Waals surface area (Å²) in [6.07, 6.45) is 1.59. The van der Waals surface area contributed by atoms with E-state index >= 15 is 0 Å². The van der Waals surface area contributed by atoms with Crippen molar-refractivity contribution >= 4 is 15.7 Å². The summed E-state index contributed by atoms with van der Waals surface area (Å²) in [6.45, 7) is 3.85. The zero-order valence-corrected chi connectivity index (χ0v) is 19.3. The van der Waals surface area contributed by atoms with Crippen LogP contribution in [0.3, 0.4) is 0 Å². The van der Waals surface area contributed by atoms with Gasteiger partial charge in [-0.15, -0.1) is 0 Å². The molecule has 1 saturated heterocycles. The zero-order chi connectivity index (χ0) is 23.5. The highest BCUT2D eigenvalue weighted by Crippen LogP contribution is 2.32. The Kier molecular flexibility index (Phi) is 6.44. The van der Waals surface area contributed by atoms with E-state index in [1.165, 1.54) is 24.3 Å². The summed E-state index contributed by atoms with van der Waals surface area (Å²) >= 11 is 0. The number of anilines is 1. The molecule has 0 bridgehead atoms. The average Bonchev–Trinajstić information content (AvgIpc) is 3.39. The molecule has 2 aliphatic heterocycles. The van der Waals surface area contributed by atoms with E-state index in [1.54, 1.807) is 30.5 Å². The van der Waals surface area contributed by atoms with Crippen molar-refractivity contribution in [2.45, 2.75) is 10.9 Å². The molecule has 10 heteroatoms. The third-order valence-corrected chi connectivity index (χ3v) is 7.53. The number of benzene rings is 2. The van der Waals surface area contributed by atoms with Crippen LogP contribution < -0.4 is 19.1 Å². The van der Waals surface area contributed by atoms with E-state index in [0.717, 1.165) is 18.8 Å². The van der Waals surface area contributed by atoms with Crippen LogP contribution in [0.25, 0.3) is 0 Å². The molecule has 1 atom stereocenters. The first kappa shape index (κ1) is 22.7. The van der Waals surface area contributed by atoms with Crippen LogP contribution in [-0.4, -0.2) is 59.3 Å². The Labute approximate surface area is 197 Å². The second-order valence-electron chi connectivity index (χ2n) is 8.19. The smallest absolute Gasteiger partial charge is 0.240 e. The van der Waals surface area contributed by atoms with Crippen LogP contribution in [0.4, 0.5) is 10.1 Å². The van der Waals surface area contributed by atoms with Gasteiger partial charge in [0.25, 0.3) is 0 Å². The largest absolute Gasteiger partial charge is 0.486 e. The number of nitrogens with zero attached hydrogens (tertiary/aromatic N) is 2. The lowest BCUT2D eigenvalue weighted by Crippen LogP contribution is -2.49. The van der Waals surface area contributed by atoms with Crippen LogP contribution >= 0.6 is 0 Å². The molecule has 1 fully saturated rings. The molecule has 1 N–H and O–H groups in total. The highest BCUT2D eigenvalue weighted by Gasteiger charge is 2.29. The standard InChI is InChI=1S/C24H26FN3O5S/c25-18-3-5-19(6-4-18)27-9-11-28(12-10-27)21(22-2-1-13-31-22)17-26-34(29,30)20-7-8-23-24(16-20)33-15-14-32-23/h1-8,13,16,21,26H,9-12,14-15,17H2/t21-/m1/s1. The third-order valence-electron chi connectivity index (χ3n) is 6.11. The number of sulfonamides is 1. The van der Waals surface area contributed by atoms with Gasteiger partial charge in [-0.25, -0.2) is 17.5 Å². The molecule has 180 valence electrons. The first-order valence-corrected chi connectivity index (χ1v) is 12.7. The second kappa shape index (κ2) is 9.65. The van der Waals surface area contributed by atoms with Crippen molar-refractivity contribution in [1.29, 1.82) is 0 Å². The minimum atomic E-state index is -3.78. The SMILES string of the molecule is O=S(=O)(NC[C@H](c1ccco1)N1CCN(c2ccc(F)cc2)CC1)c1ccc2c(c1)OCCO2. The molecule has 2 aliphatic rings. The average molecular weight is 488 g/mol. The van der Waals surface area contributed by atoms with Crippen LogP contribution in [0.5, 0.6) is 11.5 Å². The van der Waals surface area contributed by atoms with E-state index in [-0.39, 0.29) is 23.3 Å². The molecule has 0 saturated carbocycles. The first-order chi connectivity index (χ1) is 16.5. The Morgan fingerprint density at radius 2 is 1.68 bits per heavy atom. The van der Waals surface area contributed by atoms with Crippen LogP contribution in [0, 0.1) is 5.82 Å². The number of nitrogens with one attached hydrogen (secondary N) is 1. The number of halogens is 1. The molecule has 3 aromatic rings. The van der Waals surface area contributed by atoms with E-state index in [0.29, 0.717) is 43.6 Å². The van der Waals surface area contributed by atoms with Gasteiger partial charge < -0.3 is 18.8 Å². The Bertz CT molecular complexity index is 1210. The van der Waals surface area contributed by atoms with Gasteiger partial charge in [0, 0.05) is 44.5 Å². The maximum absolute atomic E-state index is 13.3. The van der Waals surface area contributed by atoms with Gasteiger partial charge in [0.2, 0.25) is 10.0 Å². The van der Waals surface area contributed by atoms with Crippen LogP contribution in [0.15, 0.2) is 70.2 Å². The van der Waals surface area contributed by atoms with E-state index in [9.17, 15) is 12.8 Å². The van der Waals surface area contributed by atoms with Crippen molar-refractivity contribution in [1.82, 2.24) is 9.62 Å². The lowest BCUT2D eigenvalue weighted by Gasteiger charge is -2.39. The molecule has 0 spiro atoms. The topological polar surface area (TPSA) is 84.3 Å². The fraction of sp³-hybridized carbons (Fsp3) is 0.333. The minimum absolute atomic E-state index is 0.121. The van der Waals surface area contributed by atoms with Gasteiger partial charge >= 0.3 is 0 Å². The highest BCUT2D eigenvalue weighted by atomic mass is 32.2. The fourth-order valence-corrected chi connectivity index (χ4v) is 5.35. The number of rotatable bonds is 7. The van der Waals surface area contributed by atoms with E-state index < -0.39 is 10.0 Å². The van der Waals surface area contributed by atoms with Gasteiger partial charge in [0.1, 0.15) is 24.8 Å². The Morgan fingerprint density at radius 1 is 0.941 bits per heavy atom. The lowest BCUT2D eigenvalue weighted by atomic mass is 10.1. The van der Waals surface area contributed by atoms with Gasteiger partial charge in [-0.1, -0.05) is 0 Å². The van der Waals surface area contributed by atoms with Crippen molar-refractivity contribution < 1.29 is 26.7 Å². The van der Waals surface area contributed by atoms with Gasteiger partial charge in [-0.3, -0.25) is 4.90 Å². The van der Waals surface area contributed by atoms with E-state index in [1.807, 2.05) is 6.07 Å². The van der Waals surface area contributed by atoms with Gasteiger partial charge in [0.15, 0.2) is 11.5 Å². The summed E-state index contributed by atoms with van der Waals surface area (Å²) in [6, 6.07) is 14.5. The number of hydrogen-bond acceptors (Lipinski definition) is 7. The van der Waals surface area contributed by atoms with Crippen molar-refractivity contribution in [2.75, 3.05) is 50.8 Å². The van der Waals surface area contributed by atoms with Crippen LogP contribution in [0.2, 0.25) is 0 Å². The van der Waals surface area contributed by atoms with Crippen molar-refractivity contribution in [3.8, 4) is 11.5 Å². The Morgan fingerprint density at radius 3 is 2.38 bits per heavy atom. The van der Waals surface area contributed by atoms with Crippen molar-refractivity contribution in [3.05, 3.63) is 72.4 Å². The van der Waals surface area contributed by atoms with Gasteiger partial charge in [0.05, 0.1) is 17.2 Å². The molecular formula is C24H26FN3O5S. The molecule has 2 aromatic carbocycles. The molecule has 5 rings (SSSR count). The zero-order valence-electron chi connectivity index (χ0n) is 18.5. The molecule has 1 aromatic heterocycles. The molecular weight excluding hydrogens is 461 g/mol. The number of hydrogen-bond donors (Lipinski definition) is 1. The van der Waals surface area contributed by atoms with Crippen molar-refractivity contribution in [3.63, 3.8) is 0 Å². The molecule has 3 heterocycles. The summed E-state index contributed by atoms with van der Waals surface area (Å²) in [7, 11) is -3.78. The molecule has 0 radical (unpaired) electrons. The van der Waals surface area contributed by atoms with Crippen LogP contribution in [-0.2, 0) is 10.0 Å². The lowest BCUT2D eigenvalue weighted by molar-refractivity contribution is 0.166. The maximum atomic E-state index is 13.3. The number of furan rings is 1. The molecule has 8 nitrogen and oxygen atoms in total. The number of fused-ring (bicyclic) bond motifs is 1. The summed E-state index contributed by atoms with van der Waals surface area (Å²) in [5.41, 5.74) is 0.968. The third kappa shape index (κ3) is 4.89. The fourth-order valence-electron chi connectivity index (χ4n) is 4.30. The van der Waals surface area contributed by atoms with Gasteiger partial charge in [-0.05, 0) is 48.5 Å². The van der Waals surface area contributed by atoms with E-state index in [4.69, 9.17) is 13.9 Å². The number of ether oxygens (including phenoxy) is 2. The monoisotopic (exact) mass is 487 g/mol. The number of piperazine rings is 1. The summed E-state index contributed by atoms with van der Waals surface area (Å²) in [5, 5.41) is 0. The predicted molar refractivity (Wildman–Crippen MR) is 124 cm³/mol. The normalized spacial score (nSPS) is 17.5. The highest BCUT2D eigenvalue weighted by molar-refractivity contribution is 7.89. The minimum Gasteiger partial charge on any atom is -0.486 e. The molecule has 0 unspecified atom stereocenters. The Balaban J connectivity index is 1.27. The van der Waals surface area contributed by atoms with Crippen LogP contribution in [0.1, 0.15) is 11.8 Å². The molecule has 34 heavy (non-hydrogen) atoms. The van der Waals surface area contributed by atoms with Crippen molar-refractivity contribution in [2.24, 2.45) is 0 Å². The van der Waals surface area contributed by atoms with E-state index in [2.05, 4.69) is 14.5 Å². The first-order valence-electron chi connectivity index (χ1n) is 11.2. The van der Waals surface area contributed by atoms with Gasteiger partial charge in [-0.2, -0.15) is 0 Å².